The van der Waals surface area contributed by atoms with E-state index in [0.717, 1.165) is 47.0 Å². The van der Waals surface area contributed by atoms with Crippen molar-refractivity contribution < 1.29 is 23.0 Å². The summed E-state index contributed by atoms with van der Waals surface area (Å²) in [5.74, 6) is 0. The monoisotopic (exact) mass is 443 g/mol. The van der Waals surface area contributed by atoms with E-state index in [1.165, 1.54) is 6.07 Å². The van der Waals surface area contributed by atoms with Crippen LogP contribution in [0.15, 0.2) is 18.5 Å². The van der Waals surface area contributed by atoms with Crippen LogP contribution in [-0.2, 0) is 36.0 Å². The van der Waals surface area contributed by atoms with Gasteiger partial charge in [0.2, 0.25) is 0 Å². The number of ether oxygens (including phenoxy) is 1. The van der Waals surface area contributed by atoms with Gasteiger partial charge in [-0.25, -0.2) is 0 Å². The number of halogens is 3. The van der Waals surface area contributed by atoms with Crippen LogP contribution in [0.2, 0.25) is 0 Å². The maximum Gasteiger partial charge on any atom is 0.425 e. The minimum atomic E-state index is -4.30. The van der Waals surface area contributed by atoms with Gasteiger partial charge in [0.1, 0.15) is 10.5 Å². The van der Waals surface area contributed by atoms with Gasteiger partial charge in [-0.1, -0.05) is 0 Å². The van der Waals surface area contributed by atoms with E-state index in [9.17, 15) is 18.3 Å². The van der Waals surface area contributed by atoms with Crippen molar-refractivity contribution in [3.63, 3.8) is 0 Å². The van der Waals surface area contributed by atoms with Crippen LogP contribution >= 0.6 is 11.3 Å². The van der Waals surface area contributed by atoms with Gasteiger partial charge in [0, 0.05) is 42.8 Å². The van der Waals surface area contributed by atoms with Crippen LogP contribution in [0.5, 0.6) is 0 Å². The molecule has 2 aromatic heterocycles. The molecule has 1 N–H and O–H groups in total. The maximum atomic E-state index is 13.2. The van der Waals surface area contributed by atoms with Gasteiger partial charge in [0.05, 0.1) is 18.4 Å². The minimum absolute atomic E-state index is 0.481. The summed E-state index contributed by atoms with van der Waals surface area (Å²) in [6.07, 6.45) is 2.13. The van der Waals surface area contributed by atoms with Crippen LogP contribution in [0, 0.1) is 0 Å². The summed E-state index contributed by atoms with van der Waals surface area (Å²) in [6.45, 7) is 7.00. The number of fused-ring (bicyclic) bond motifs is 2. The lowest BCUT2D eigenvalue weighted by Crippen LogP contribution is -2.45. The molecule has 0 bridgehead atoms. The largest absolute Gasteiger partial charge is 0.425 e. The Kier molecular flexibility index (Phi) is 5.76. The molecule has 4 heterocycles. The Morgan fingerprint density at radius 3 is 2.67 bits per heavy atom. The molecule has 30 heavy (non-hydrogen) atoms. The maximum absolute atomic E-state index is 13.2. The summed E-state index contributed by atoms with van der Waals surface area (Å²) in [5.41, 5.74) is 0.609. The van der Waals surface area contributed by atoms with Gasteiger partial charge in [-0.05, 0) is 51.2 Å². The van der Waals surface area contributed by atoms with Crippen molar-refractivity contribution >= 4 is 11.3 Å². The first-order valence-electron chi connectivity index (χ1n) is 10.3. The number of aliphatic hydroxyl groups is 1. The number of piperidine rings is 1. The molecule has 1 saturated heterocycles. The normalized spacial score (nSPS) is 19.9. The predicted molar refractivity (Wildman–Crippen MR) is 108 cm³/mol. The second kappa shape index (κ2) is 7.93. The molecule has 4 rings (SSSR count). The Balaban J connectivity index is 1.38. The molecule has 166 valence electrons. The van der Waals surface area contributed by atoms with Crippen LogP contribution in [0.1, 0.15) is 54.0 Å². The summed E-state index contributed by atoms with van der Waals surface area (Å²) in [6, 6.07) is 1.32. The zero-order chi connectivity index (χ0) is 21.6. The Hall–Kier alpha value is -1.42. The molecular weight excluding hydrogens is 415 g/mol. The SMILES string of the molecule is CC(C)(O)CCn1cc(CN2CCC3(CC2)OCCc2cc(C(F)(F)F)sc23)cn1. The van der Waals surface area contributed by atoms with Gasteiger partial charge in [-0.15, -0.1) is 11.3 Å². The number of thiophene rings is 1. The topological polar surface area (TPSA) is 50.5 Å². The van der Waals surface area contributed by atoms with Crippen molar-refractivity contribution in [2.75, 3.05) is 19.7 Å². The fraction of sp³-hybridized carbons (Fsp3) is 0.667. The number of alkyl halides is 3. The molecule has 2 aromatic rings. The van der Waals surface area contributed by atoms with Gasteiger partial charge >= 0.3 is 6.18 Å². The molecule has 1 spiro atoms. The molecular formula is C21H28F3N3O2S. The first-order valence-corrected chi connectivity index (χ1v) is 11.2. The molecule has 0 saturated carbocycles. The van der Waals surface area contributed by atoms with Crippen LogP contribution < -0.4 is 0 Å². The number of aromatic nitrogens is 2. The van der Waals surface area contributed by atoms with E-state index in [1.54, 1.807) is 13.8 Å². The van der Waals surface area contributed by atoms with E-state index in [1.807, 2.05) is 17.1 Å². The van der Waals surface area contributed by atoms with Crippen molar-refractivity contribution in [3.8, 4) is 0 Å². The van der Waals surface area contributed by atoms with Crippen molar-refractivity contribution in [2.24, 2.45) is 0 Å². The molecule has 0 radical (unpaired) electrons. The van der Waals surface area contributed by atoms with Crippen LogP contribution in [0.25, 0.3) is 0 Å². The number of rotatable bonds is 5. The molecule has 0 aliphatic carbocycles. The molecule has 0 amide bonds. The summed E-state index contributed by atoms with van der Waals surface area (Å²) < 4.78 is 47.5. The summed E-state index contributed by atoms with van der Waals surface area (Å²) in [7, 11) is 0. The molecule has 2 aliphatic rings. The van der Waals surface area contributed by atoms with Crippen LogP contribution in [0.4, 0.5) is 13.2 Å². The van der Waals surface area contributed by atoms with Crippen molar-refractivity contribution in [3.05, 3.63) is 39.3 Å². The zero-order valence-electron chi connectivity index (χ0n) is 17.3. The molecule has 0 aromatic carbocycles. The van der Waals surface area contributed by atoms with Gasteiger partial charge in [-0.3, -0.25) is 9.58 Å². The Bertz CT molecular complexity index is 877. The summed E-state index contributed by atoms with van der Waals surface area (Å²) >= 11 is 0.861. The first-order chi connectivity index (χ1) is 14.0. The molecule has 2 aliphatic heterocycles. The van der Waals surface area contributed by atoms with E-state index < -0.39 is 22.3 Å². The third kappa shape index (κ3) is 4.74. The minimum Gasteiger partial charge on any atom is -0.390 e. The number of likely N-dealkylation sites (tertiary alicyclic amines) is 1. The molecule has 5 nitrogen and oxygen atoms in total. The number of hydrogen-bond donors (Lipinski definition) is 1. The highest BCUT2D eigenvalue weighted by Gasteiger charge is 2.45. The third-order valence-corrected chi connectivity index (χ3v) is 7.37. The standard InChI is InChI=1S/C21H28F3N3O2S/c1-19(2,28)4-9-27-14-15(12-25-27)13-26-7-5-20(6-8-26)18-16(3-10-29-20)11-17(30-18)21(22,23)24/h11-12,14,28H,3-10,13H2,1-2H3. The second-order valence-electron chi connectivity index (χ2n) is 9.01. The van der Waals surface area contributed by atoms with Crippen LogP contribution in [-0.4, -0.2) is 45.1 Å². The fourth-order valence-corrected chi connectivity index (χ4v) is 5.54. The highest BCUT2D eigenvalue weighted by Crippen LogP contribution is 2.48. The molecule has 1 fully saturated rings. The molecule has 9 heteroatoms. The predicted octanol–water partition coefficient (Wildman–Crippen LogP) is 4.19. The van der Waals surface area contributed by atoms with Crippen molar-refractivity contribution in [2.45, 2.75) is 70.0 Å². The fourth-order valence-electron chi connectivity index (χ4n) is 4.26. The van der Waals surface area contributed by atoms with E-state index in [-0.39, 0.29) is 0 Å². The highest BCUT2D eigenvalue weighted by atomic mass is 32.1. The van der Waals surface area contributed by atoms with E-state index in [4.69, 9.17) is 4.74 Å². The van der Waals surface area contributed by atoms with Gasteiger partial charge in [0.25, 0.3) is 0 Å². The second-order valence-corrected chi connectivity index (χ2v) is 10.1. The van der Waals surface area contributed by atoms with E-state index in [2.05, 4.69) is 10.00 Å². The van der Waals surface area contributed by atoms with Crippen molar-refractivity contribution in [1.29, 1.82) is 0 Å². The number of aryl methyl sites for hydroxylation is 1. The molecule has 0 atom stereocenters. The lowest BCUT2D eigenvalue weighted by atomic mass is 9.85. The van der Waals surface area contributed by atoms with Gasteiger partial charge in [-0.2, -0.15) is 18.3 Å². The van der Waals surface area contributed by atoms with E-state index in [0.29, 0.717) is 38.8 Å². The highest BCUT2D eigenvalue weighted by molar-refractivity contribution is 7.12. The third-order valence-electron chi connectivity index (χ3n) is 5.96. The van der Waals surface area contributed by atoms with Crippen LogP contribution in [0.3, 0.4) is 0 Å². The Morgan fingerprint density at radius 1 is 1.27 bits per heavy atom. The Morgan fingerprint density at radius 2 is 2.00 bits per heavy atom. The average molecular weight is 444 g/mol. The number of nitrogens with zero attached hydrogens (tertiary/aromatic N) is 3. The van der Waals surface area contributed by atoms with Crippen molar-refractivity contribution in [1.82, 2.24) is 14.7 Å². The van der Waals surface area contributed by atoms with Gasteiger partial charge < -0.3 is 9.84 Å². The zero-order valence-corrected chi connectivity index (χ0v) is 18.2. The number of hydrogen-bond acceptors (Lipinski definition) is 5. The first kappa shape index (κ1) is 21.8. The summed E-state index contributed by atoms with van der Waals surface area (Å²) in [5, 5.41) is 14.2. The molecule has 0 unspecified atom stereocenters. The lowest BCUT2D eigenvalue weighted by Gasteiger charge is -2.43. The average Bonchev–Trinajstić information content (AvgIpc) is 3.29. The Labute approximate surface area is 178 Å². The van der Waals surface area contributed by atoms with Gasteiger partial charge in [0.15, 0.2) is 0 Å². The summed E-state index contributed by atoms with van der Waals surface area (Å²) in [4.78, 5) is 2.57. The quantitative estimate of drug-likeness (QED) is 0.753. The van der Waals surface area contributed by atoms with E-state index >= 15 is 0 Å². The smallest absolute Gasteiger partial charge is 0.390 e. The lowest BCUT2D eigenvalue weighted by molar-refractivity contribution is -0.134.